The van der Waals surface area contributed by atoms with Crippen molar-refractivity contribution in [1.29, 1.82) is 0 Å². The molecular formula is C20H25F2IN4O3S. The minimum atomic E-state index is -3.29. The standard InChI is InChI=1S/C20H24F2N4O3S.HI/c1-3-23-20(25-12-19(27)26-18-8-6-16(21)7-9-18)24-11-15-10-17(22)5-4-14(15)13-30(2,28)29;/h4-10H,3,11-13H2,1-2H3,(H,26,27)(H2,23,24,25);1H. The predicted octanol–water partition coefficient (Wildman–Crippen LogP) is 2.82. The third-order valence-corrected chi connectivity index (χ3v) is 4.72. The molecule has 1 amide bonds. The zero-order valence-electron chi connectivity index (χ0n) is 17.1. The second kappa shape index (κ2) is 12.5. The van der Waals surface area contributed by atoms with E-state index in [2.05, 4.69) is 20.9 Å². The highest BCUT2D eigenvalue weighted by molar-refractivity contribution is 14.0. The summed E-state index contributed by atoms with van der Waals surface area (Å²) in [6.45, 7) is 2.28. The van der Waals surface area contributed by atoms with Gasteiger partial charge in [-0.3, -0.25) is 4.79 Å². The highest BCUT2D eigenvalue weighted by Gasteiger charge is 2.11. The van der Waals surface area contributed by atoms with E-state index in [-0.39, 0.29) is 48.7 Å². The molecule has 0 heterocycles. The molecule has 170 valence electrons. The van der Waals surface area contributed by atoms with Gasteiger partial charge in [0.15, 0.2) is 15.8 Å². The maximum Gasteiger partial charge on any atom is 0.243 e. The van der Waals surface area contributed by atoms with Crippen molar-refractivity contribution in [2.24, 2.45) is 4.99 Å². The number of rotatable bonds is 8. The van der Waals surface area contributed by atoms with Crippen LogP contribution in [0.5, 0.6) is 0 Å². The molecule has 0 fully saturated rings. The van der Waals surface area contributed by atoms with Gasteiger partial charge in [0.25, 0.3) is 0 Å². The van der Waals surface area contributed by atoms with Crippen LogP contribution in [-0.4, -0.2) is 39.6 Å². The molecule has 7 nitrogen and oxygen atoms in total. The number of nitrogens with one attached hydrogen (secondary N) is 3. The van der Waals surface area contributed by atoms with Gasteiger partial charge < -0.3 is 16.0 Å². The predicted molar refractivity (Wildman–Crippen MR) is 128 cm³/mol. The van der Waals surface area contributed by atoms with Gasteiger partial charge in [-0.15, -0.1) is 24.0 Å². The Morgan fingerprint density at radius 2 is 1.65 bits per heavy atom. The largest absolute Gasteiger partial charge is 0.357 e. The van der Waals surface area contributed by atoms with Crippen LogP contribution in [0.4, 0.5) is 14.5 Å². The number of carbonyl (C=O) groups is 1. The lowest BCUT2D eigenvalue weighted by atomic mass is 10.1. The van der Waals surface area contributed by atoms with Crippen LogP contribution in [-0.2, 0) is 26.9 Å². The summed E-state index contributed by atoms with van der Waals surface area (Å²) in [7, 11) is -3.29. The molecule has 0 aromatic heterocycles. The van der Waals surface area contributed by atoms with Gasteiger partial charge >= 0.3 is 0 Å². The fourth-order valence-corrected chi connectivity index (χ4v) is 3.42. The Labute approximate surface area is 197 Å². The quantitative estimate of drug-likeness (QED) is 0.260. The number of halogens is 3. The summed E-state index contributed by atoms with van der Waals surface area (Å²) in [6.07, 6.45) is 1.11. The number of sulfone groups is 1. The van der Waals surface area contributed by atoms with Crippen LogP contribution in [0.3, 0.4) is 0 Å². The third kappa shape index (κ3) is 10.0. The number of nitrogens with zero attached hydrogens (tertiary/aromatic N) is 1. The number of amides is 1. The average molecular weight is 566 g/mol. The Kier molecular flexibility index (Phi) is 10.8. The Hall–Kier alpha value is -2.28. The average Bonchev–Trinajstić information content (AvgIpc) is 2.66. The van der Waals surface area contributed by atoms with Gasteiger partial charge in [-0.1, -0.05) is 6.07 Å². The molecule has 0 aliphatic heterocycles. The zero-order chi connectivity index (χ0) is 22.1. The maximum atomic E-state index is 13.6. The van der Waals surface area contributed by atoms with Crippen LogP contribution < -0.4 is 16.0 Å². The number of aliphatic imine (C=N–C) groups is 1. The van der Waals surface area contributed by atoms with E-state index in [1.807, 2.05) is 6.92 Å². The molecule has 31 heavy (non-hydrogen) atoms. The Morgan fingerprint density at radius 3 is 2.26 bits per heavy atom. The first kappa shape index (κ1) is 26.8. The van der Waals surface area contributed by atoms with Gasteiger partial charge in [-0.2, -0.15) is 0 Å². The zero-order valence-corrected chi connectivity index (χ0v) is 20.3. The maximum absolute atomic E-state index is 13.6. The first-order valence-electron chi connectivity index (χ1n) is 9.19. The minimum Gasteiger partial charge on any atom is -0.357 e. The molecule has 0 radical (unpaired) electrons. The summed E-state index contributed by atoms with van der Waals surface area (Å²) in [5.41, 5.74) is 1.36. The molecule has 0 spiro atoms. The lowest BCUT2D eigenvalue weighted by Gasteiger charge is -2.13. The fourth-order valence-electron chi connectivity index (χ4n) is 2.57. The van der Waals surface area contributed by atoms with Crippen LogP contribution in [0.15, 0.2) is 47.5 Å². The summed E-state index contributed by atoms with van der Waals surface area (Å²) in [6, 6.07) is 9.24. The lowest BCUT2D eigenvalue weighted by Crippen LogP contribution is -2.41. The molecule has 0 bridgehead atoms. The van der Waals surface area contributed by atoms with Gasteiger partial charge in [0.05, 0.1) is 18.8 Å². The number of benzene rings is 2. The monoisotopic (exact) mass is 566 g/mol. The smallest absolute Gasteiger partial charge is 0.243 e. The molecule has 0 atom stereocenters. The van der Waals surface area contributed by atoms with Crippen LogP contribution >= 0.6 is 24.0 Å². The van der Waals surface area contributed by atoms with Crippen LogP contribution in [0.2, 0.25) is 0 Å². The summed E-state index contributed by atoms with van der Waals surface area (Å²) >= 11 is 0. The molecular weight excluding hydrogens is 541 g/mol. The van der Waals surface area contributed by atoms with E-state index in [1.165, 1.54) is 42.5 Å². The lowest BCUT2D eigenvalue weighted by molar-refractivity contribution is -0.115. The summed E-state index contributed by atoms with van der Waals surface area (Å²) in [5.74, 6) is -1.17. The second-order valence-corrected chi connectivity index (χ2v) is 8.73. The van der Waals surface area contributed by atoms with E-state index in [9.17, 15) is 22.0 Å². The van der Waals surface area contributed by atoms with Crippen LogP contribution in [0, 0.1) is 11.6 Å². The van der Waals surface area contributed by atoms with Crippen molar-refractivity contribution in [3.63, 3.8) is 0 Å². The normalized spacial score (nSPS) is 11.4. The Bertz CT molecular complexity index is 1020. The van der Waals surface area contributed by atoms with E-state index in [4.69, 9.17) is 0 Å². The van der Waals surface area contributed by atoms with Crippen molar-refractivity contribution in [3.8, 4) is 0 Å². The van der Waals surface area contributed by atoms with E-state index in [0.29, 0.717) is 29.3 Å². The number of hydrogen-bond donors (Lipinski definition) is 3. The van der Waals surface area contributed by atoms with E-state index < -0.39 is 21.5 Å². The van der Waals surface area contributed by atoms with Crippen molar-refractivity contribution in [2.45, 2.75) is 19.2 Å². The number of anilines is 1. The first-order chi connectivity index (χ1) is 14.2. The summed E-state index contributed by atoms with van der Waals surface area (Å²) in [5, 5.41) is 8.42. The topological polar surface area (TPSA) is 99.7 Å². The van der Waals surface area contributed by atoms with Crippen molar-refractivity contribution >= 4 is 51.4 Å². The molecule has 2 rings (SSSR count). The van der Waals surface area contributed by atoms with Crippen LogP contribution in [0.25, 0.3) is 0 Å². The van der Waals surface area contributed by atoms with Gasteiger partial charge in [-0.05, 0) is 54.4 Å². The number of hydrogen-bond acceptors (Lipinski definition) is 4. The van der Waals surface area contributed by atoms with Gasteiger partial charge in [0.1, 0.15) is 11.6 Å². The molecule has 0 aliphatic carbocycles. The van der Waals surface area contributed by atoms with Crippen LogP contribution in [0.1, 0.15) is 18.1 Å². The Morgan fingerprint density at radius 1 is 1.00 bits per heavy atom. The van der Waals surface area contributed by atoms with Gasteiger partial charge in [-0.25, -0.2) is 22.2 Å². The molecule has 3 N–H and O–H groups in total. The van der Waals surface area contributed by atoms with E-state index in [0.717, 1.165) is 6.26 Å². The molecule has 2 aromatic carbocycles. The van der Waals surface area contributed by atoms with Crippen molar-refractivity contribution in [1.82, 2.24) is 10.6 Å². The second-order valence-electron chi connectivity index (χ2n) is 6.59. The molecule has 0 unspecified atom stereocenters. The fraction of sp³-hybridized carbons (Fsp3) is 0.300. The van der Waals surface area contributed by atoms with Crippen molar-refractivity contribution < 1.29 is 22.0 Å². The Balaban J connectivity index is 0.00000480. The van der Waals surface area contributed by atoms with Gasteiger partial charge in [0.2, 0.25) is 5.91 Å². The first-order valence-corrected chi connectivity index (χ1v) is 11.2. The number of carbonyl (C=O) groups excluding carboxylic acids is 1. The molecule has 0 aliphatic rings. The summed E-state index contributed by atoms with van der Waals surface area (Å²) in [4.78, 5) is 16.4. The molecule has 0 saturated heterocycles. The highest BCUT2D eigenvalue weighted by Crippen LogP contribution is 2.15. The molecule has 0 saturated carbocycles. The molecule has 11 heteroatoms. The summed E-state index contributed by atoms with van der Waals surface area (Å²) < 4.78 is 49.8. The van der Waals surface area contributed by atoms with E-state index in [1.54, 1.807) is 0 Å². The van der Waals surface area contributed by atoms with E-state index >= 15 is 0 Å². The number of guanidine groups is 1. The third-order valence-electron chi connectivity index (χ3n) is 3.88. The SMILES string of the molecule is CCNC(=NCc1cc(F)ccc1CS(C)(=O)=O)NCC(=O)Nc1ccc(F)cc1.I. The van der Waals surface area contributed by atoms with Crippen molar-refractivity contribution in [2.75, 3.05) is 24.7 Å². The highest BCUT2D eigenvalue weighted by atomic mass is 127. The van der Waals surface area contributed by atoms with Crippen molar-refractivity contribution in [3.05, 3.63) is 65.2 Å². The van der Waals surface area contributed by atoms with Gasteiger partial charge in [0, 0.05) is 18.5 Å². The molecule has 2 aromatic rings. The minimum absolute atomic E-state index is 0.